The number of aliphatic hydroxyl groups is 1. The van der Waals surface area contributed by atoms with Crippen LogP contribution in [0.3, 0.4) is 0 Å². The molecule has 0 aromatic heterocycles. The van der Waals surface area contributed by atoms with Gasteiger partial charge in [0.15, 0.2) is 0 Å². The van der Waals surface area contributed by atoms with Crippen molar-refractivity contribution < 1.29 is 14.6 Å². The third kappa shape index (κ3) is 2.56. The fraction of sp³-hybridized carbons (Fsp3) is 0.455. The zero-order valence-corrected chi connectivity index (χ0v) is 8.98. The Morgan fingerprint density at radius 2 is 2.44 bits per heavy atom. The maximum atomic E-state index is 8.67. The summed E-state index contributed by atoms with van der Waals surface area (Å²) in [4.78, 5) is 0. The lowest BCUT2D eigenvalue weighted by Gasteiger charge is -2.13. The smallest absolute Gasteiger partial charge is 0.142 e. The van der Waals surface area contributed by atoms with Crippen LogP contribution < -0.4 is 15.8 Å². The van der Waals surface area contributed by atoms with Gasteiger partial charge in [-0.2, -0.15) is 0 Å². The number of hydrogen-bond acceptors (Lipinski definition) is 5. The molecule has 4 N–H and O–H groups in total. The van der Waals surface area contributed by atoms with E-state index >= 15 is 0 Å². The van der Waals surface area contributed by atoms with Gasteiger partial charge in [-0.1, -0.05) is 0 Å². The lowest BCUT2D eigenvalue weighted by molar-refractivity contribution is 0.0124. The summed E-state index contributed by atoms with van der Waals surface area (Å²) < 4.78 is 11.0. The standard InChI is InChI=1S/C11H16N2O3/c12-8-1-2-11-10(5-8)13-6-9(7-16-11)15-4-3-14/h1-2,5,9,13-14H,3-4,6-7,12H2. The number of benzene rings is 1. The Bertz CT molecular complexity index is 357. The lowest BCUT2D eigenvalue weighted by atomic mass is 10.2. The van der Waals surface area contributed by atoms with Gasteiger partial charge >= 0.3 is 0 Å². The van der Waals surface area contributed by atoms with E-state index in [1.54, 1.807) is 6.07 Å². The van der Waals surface area contributed by atoms with Crippen LogP contribution in [-0.4, -0.2) is 37.6 Å². The van der Waals surface area contributed by atoms with Crippen molar-refractivity contribution in [2.75, 3.05) is 37.4 Å². The third-order valence-corrected chi connectivity index (χ3v) is 2.39. The molecule has 0 saturated carbocycles. The van der Waals surface area contributed by atoms with Crippen molar-refractivity contribution in [2.24, 2.45) is 0 Å². The molecule has 0 amide bonds. The summed E-state index contributed by atoms with van der Waals surface area (Å²) in [5, 5.41) is 11.9. The molecule has 1 aromatic rings. The van der Waals surface area contributed by atoms with Crippen molar-refractivity contribution >= 4 is 11.4 Å². The van der Waals surface area contributed by atoms with Gasteiger partial charge in [0.25, 0.3) is 0 Å². The molecule has 1 unspecified atom stereocenters. The molecular formula is C11H16N2O3. The van der Waals surface area contributed by atoms with E-state index in [1.165, 1.54) is 0 Å². The second kappa shape index (κ2) is 5.05. The highest BCUT2D eigenvalue weighted by molar-refractivity contribution is 5.63. The molecule has 0 saturated heterocycles. The van der Waals surface area contributed by atoms with Crippen molar-refractivity contribution in [3.05, 3.63) is 18.2 Å². The van der Waals surface area contributed by atoms with Gasteiger partial charge in [-0.3, -0.25) is 0 Å². The highest BCUT2D eigenvalue weighted by Gasteiger charge is 2.16. The summed E-state index contributed by atoms with van der Waals surface area (Å²) in [7, 11) is 0. The maximum Gasteiger partial charge on any atom is 0.142 e. The van der Waals surface area contributed by atoms with Crippen LogP contribution in [0.1, 0.15) is 0 Å². The normalized spacial score (nSPS) is 19.2. The number of ether oxygens (including phenoxy) is 2. The number of nitrogen functional groups attached to an aromatic ring is 1. The van der Waals surface area contributed by atoms with E-state index in [4.69, 9.17) is 20.3 Å². The summed E-state index contributed by atoms with van der Waals surface area (Å²) in [6, 6.07) is 5.48. The summed E-state index contributed by atoms with van der Waals surface area (Å²) in [6.45, 7) is 1.48. The molecule has 1 aliphatic rings. The van der Waals surface area contributed by atoms with Crippen LogP contribution in [0.2, 0.25) is 0 Å². The minimum Gasteiger partial charge on any atom is -0.489 e. The molecule has 0 aliphatic carbocycles. The molecule has 88 valence electrons. The highest BCUT2D eigenvalue weighted by Crippen LogP contribution is 2.28. The van der Waals surface area contributed by atoms with Crippen molar-refractivity contribution in [1.29, 1.82) is 0 Å². The van der Waals surface area contributed by atoms with Crippen LogP contribution in [0.5, 0.6) is 5.75 Å². The molecule has 1 heterocycles. The molecule has 1 aliphatic heterocycles. The number of anilines is 2. The molecule has 16 heavy (non-hydrogen) atoms. The molecule has 2 rings (SSSR count). The molecule has 5 nitrogen and oxygen atoms in total. The van der Waals surface area contributed by atoms with E-state index in [2.05, 4.69) is 5.32 Å². The van der Waals surface area contributed by atoms with E-state index in [0.29, 0.717) is 25.4 Å². The molecule has 0 fully saturated rings. The molecule has 0 spiro atoms. The Kier molecular flexibility index (Phi) is 3.48. The second-order valence-corrected chi connectivity index (χ2v) is 3.66. The van der Waals surface area contributed by atoms with Gasteiger partial charge in [0.2, 0.25) is 0 Å². The van der Waals surface area contributed by atoms with Gasteiger partial charge in [-0.15, -0.1) is 0 Å². The van der Waals surface area contributed by atoms with E-state index in [0.717, 1.165) is 11.4 Å². The highest BCUT2D eigenvalue weighted by atomic mass is 16.5. The zero-order valence-electron chi connectivity index (χ0n) is 8.98. The first-order valence-electron chi connectivity index (χ1n) is 5.28. The predicted molar refractivity (Wildman–Crippen MR) is 61.7 cm³/mol. The number of nitrogens with two attached hydrogens (primary N) is 1. The Morgan fingerprint density at radius 1 is 1.56 bits per heavy atom. The first-order valence-corrected chi connectivity index (χ1v) is 5.28. The molecule has 1 aromatic carbocycles. The zero-order chi connectivity index (χ0) is 11.4. The monoisotopic (exact) mass is 224 g/mol. The quantitative estimate of drug-likeness (QED) is 0.650. The topological polar surface area (TPSA) is 76.7 Å². The number of aliphatic hydroxyl groups excluding tert-OH is 1. The SMILES string of the molecule is Nc1ccc2c(c1)NCC(OCCO)CO2. The Hall–Kier alpha value is -1.46. The van der Waals surface area contributed by atoms with Gasteiger partial charge < -0.3 is 25.6 Å². The van der Waals surface area contributed by atoms with Gasteiger partial charge in [-0.25, -0.2) is 0 Å². The second-order valence-electron chi connectivity index (χ2n) is 3.66. The first kappa shape index (κ1) is 11.0. The van der Waals surface area contributed by atoms with Crippen LogP contribution in [0.15, 0.2) is 18.2 Å². The van der Waals surface area contributed by atoms with Crippen molar-refractivity contribution in [3.63, 3.8) is 0 Å². The van der Waals surface area contributed by atoms with Gasteiger partial charge in [0.1, 0.15) is 18.5 Å². The van der Waals surface area contributed by atoms with E-state index < -0.39 is 0 Å². The van der Waals surface area contributed by atoms with Crippen LogP contribution in [0.25, 0.3) is 0 Å². The number of fused-ring (bicyclic) bond motifs is 1. The van der Waals surface area contributed by atoms with Crippen molar-refractivity contribution in [2.45, 2.75) is 6.10 Å². The average molecular weight is 224 g/mol. The number of rotatable bonds is 3. The Balaban J connectivity index is 2.01. The Labute approximate surface area is 94.2 Å². The molecule has 0 bridgehead atoms. The minimum atomic E-state index is -0.0548. The summed E-state index contributed by atoms with van der Waals surface area (Å²) in [6.07, 6.45) is -0.0548. The van der Waals surface area contributed by atoms with Crippen LogP contribution in [-0.2, 0) is 4.74 Å². The van der Waals surface area contributed by atoms with E-state index in [-0.39, 0.29) is 12.7 Å². The fourth-order valence-corrected chi connectivity index (χ4v) is 1.60. The maximum absolute atomic E-state index is 8.67. The molecular weight excluding hydrogens is 208 g/mol. The summed E-state index contributed by atoms with van der Waals surface area (Å²) >= 11 is 0. The number of hydrogen-bond donors (Lipinski definition) is 3. The average Bonchev–Trinajstić information content (AvgIpc) is 2.48. The Morgan fingerprint density at radius 3 is 3.25 bits per heavy atom. The summed E-state index contributed by atoms with van der Waals surface area (Å²) in [5.74, 6) is 0.782. The van der Waals surface area contributed by atoms with Crippen molar-refractivity contribution in [3.8, 4) is 5.75 Å². The summed E-state index contributed by atoms with van der Waals surface area (Å²) in [5.41, 5.74) is 7.27. The number of nitrogens with one attached hydrogen (secondary N) is 1. The minimum absolute atomic E-state index is 0.0242. The van der Waals surface area contributed by atoms with Crippen LogP contribution >= 0.6 is 0 Å². The largest absolute Gasteiger partial charge is 0.489 e. The van der Waals surface area contributed by atoms with E-state index in [1.807, 2.05) is 12.1 Å². The van der Waals surface area contributed by atoms with Gasteiger partial charge in [-0.05, 0) is 18.2 Å². The van der Waals surface area contributed by atoms with Crippen LogP contribution in [0, 0.1) is 0 Å². The molecule has 5 heteroatoms. The lowest BCUT2D eigenvalue weighted by Crippen LogP contribution is -2.28. The third-order valence-electron chi connectivity index (χ3n) is 2.39. The van der Waals surface area contributed by atoms with Crippen molar-refractivity contribution in [1.82, 2.24) is 0 Å². The first-order chi connectivity index (χ1) is 7.79. The van der Waals surface area contributed by atoms with Crippen LogP contribution in [0.4, 0.5) is 11.4 Å². The van der Waals surface area contributed by atoms with Gasteiger partial charge in [0, 0.05) is 12.2 Å². The predicted octanol–water partition coefficient (Wildman–Crippen LogP) is 0.451. The molecule has 0 radical (unpaired) electrons. The molecule has 1 atom stereocenters. The van der Waals surface area contributed by atoms with E-state index in [9.17, 15) is 0 Å². The van der Waals surface area contributed by atoms with Gasteiger partial charge in [0.05, 0.1) is 18.9 Å². The fourth-order valence-electron chi connectivity index (χ4n) is 1.60.